The van der Waals surface area contributed by atoms with Crippen molar-refractivity contribution in [2.45, 2.75) is 0 Å². The average Bonchev–Trinajstić information content (AvgIpc) is 2.25. The zero-order valence-corrected chi connectivity index (χ0v) is 8.96. The van der Waals surface area contributed by atoms with Gasteiger partial charge in [0.2, 0.25) is 0 Å². The third-order valence-corrected chi connectivity index (χ3v) is 2.41. The van der Waals surface area contributed by atoms with Crippen LogP contribution in [0.1, 0.15) is 0 Å². The molecule has 0 aliphatic carbocycles. The van der Waals surface area contributed by atoms with Gasteiger partial charge in [0.1, 0.15) is 5.75 Å². The van der Waals surface area contributed by atoms with Crippen molar-refractivity contribution in [1.29, 1.82) is 0 Å². The smallest absolute Gasteiger partial charge is 0.153 e. The number of hydrogen-bond acceptors (Lipinski definition) is 3. The molecule has 0 unspecified atom stereocenters. The van der Waals surface area contributed by atoms with E-state index in [9.17, 15) is 0 Å². The van der Waals surface area contributed by atoms with Gasteiger partial charge < -0.3 is 10.5 Å². The predicted molar refractivity (Wildman–Crippen MR) is 61.9 cm³/mol. The molecule has 0 aliphatic rings. The largest absolute Gasteiger partial charge is 0.493 e. The van der Waals surface area contributed by atoms with Gasteiger partial charge in [-0.15, -0.1) is 0 Å². The van der Waals surface area contributed by atoms with E-state index in [1.165, 1.54) is 11.8 Å². The average molecular weight is 210 g/mol. The van der Waals surface area contributed by atoms with E-state index in [4.69, 9.17) is 10.5 Å². The summed E-state index contributed by atoms with van der Waals surface area (Å²) >= 11 is 1.50. The Bertz CT molecular complexity index is 287. The molecule has 0 atom stereocenters. The maximum Gasteiger partial charge on any atom is 0.153 e. The molecule has 2 N–H and O–H groups in total. The molecule has 0 saturated heterocycles. The molecule has 0 spiro atoms. The Hall–Kier alpha value is -1.16. The number of thioether (sulfide) groups is 1. The summed E-state index contributed by atoms with van der Waals surface area (Å²) in [7, 11) is 1.68. The van der Waals surface area contributed by atoms with Crippen molar-refractivity contribution in [3.8, 4) is 5.75 Å². The normalized spacial score (nSPS) is 11.4. The Balaban J connectivity index is 2.17. The van der Waals surface area contributed by atoms with Gasteiger partial charge in [-0.2, -0.15) is 0 Å². The second-order valence-corrected chi connectivity index (χ2v) is 3.69. The molecule has 0 heterocycles. The second kappa shape index (κ2) is 6.32. The number of aliphatic imine (C=N–C) groups is 1. The van der Waals surface area contributed by atoms with Crippen molar-refractivity contribution in [1.82, 2.24) is 0 Å². The van der Waals surface area contributed by atoms with Crippen LogP contribution in [0.15, 0.2) is 35.3 Å². The molecule has 1 aromatic carbocycles. The monoisotopic (exact) mass is 210 g/mol. The molecule has 1 rings (SSSR count). The second-order valence-electron chi connectivity index (χ2n) is 2.57. The number of amidine groups is 1. The molecule has 0 aliphatic heterocycles. The molecular formula is C10H14N2OS. The summed E-state index contributed by atoms with van der Waals surface area (Å²) in [6.45, 7) is 0.644. The third-order valence-electron chi connectivity index (χ3n) is 1.57. The fraction of sp³-hybridized carbons (Fsp3) is 0.300. The molecular weight excluding hydrogens is 196 g/mol. The number of para-hydroxylation sites is 1. The van der Waals surface area contributed by atoms with Crippen LogP contribution < -0.4 is 10.5 Å². The van der Waals surface area contributed by atoms with Crippen LogP contribution in [0.2, 0.25) is 0 Å². The quantitative estimate of drug-likeness (QED) is 0.468. The lowest BCUT2D eigenvalue weighted by atomic mass is 10.3. The van der Waals surface area contributed by atoms with Crippen LogP contribution in [0.5, 0.6) is 5.75 Å². The maximum atomic E-state index is 5.51. The van der Waals surface area contributed by atoms with E-state index >= 15 is 0 Å². The Morgan fingerprint density at radius 2 is 2.14 bits per heavy atom. The predicted octanol–water partition coefficient (Wildman–Crippen LogP) is 1.74. The van der Waals surface area contributed by atoms with Crippen LogP contribution in [-0.4, -0.2) is 24.6 Å². The molecule has 4 heteroatoms. The summed E-state index contributed by atoms with van der Waals surface area (Å²) < 4.78 is 5.47. The highest BCUT2D eigenvalue weighted by Crippen LogP contribution is 2.09. The van der Waals surface area contributed by atoms with E-state index in [2.05, 4.69) is 4.99 Å². The summed E-state index contributed by atoms with van der Waals surface area (Å²) in [5.74, 6) is 1.71. The van der Waals surface area contributed by atoms with Crippen molar-refractivity contribution in [2.24, 2.45) is 10.7 Å². The minimum absolute atomic E-state index is 0.599. The first-order valence-electron chi connectivity index (χ1n) is 4.36. The number of nitrogens with zero attached hydrogens (tertiary/aromatic N) is 1. The van der Waals surface area contributed by atoms with Crippen LogP contribution in [0, 0.1) is 0 Å². The SMILES string of the molecule is CN=C(N)SCCOc1ccccc1. The van der Waals surface area contributed by atoms with E-state index in [1.807, 2.05) is 30.3 Å². The van der Waals surface area contributed by atoms with Crippen molar-refractivity contribution in [3.63, 3.8) is 0 Å². The molecule has 0 aromatic heterocycles. The highest BCUT2D eigenvalue weighted by atomic mass is 32.2. The summed E-state index contributed by atoms with van der Waals surface area (Å²) in [5.41, 5.74) is 5.51. The zero-order chi connectivity index (χ0) is 10.2. The Morgan fingerprint density at radius 3 is 2.79 bits per heavy atom. The minimum atomic E-state index is 0.599. The van der Waals surface area contributed by atoms with Gasteiger partial charge >= 0.3 is 0 Å². The van der Waals surface area contributed by atoms with Crippen molar-refractivity contribution < 1.29 is 4.74 Å². The van der Waals surface area contributed by atoms with Gasteiger partial charge in [0.25, 0.3) is 0 Å². The molecule has 0 radical (unpaired) electrons. The molecule has 0 fully saturated rings. The van der Waals surface area contributed by atoms with Gasteiger partial charge in [-0.05, 0) is 12.1 Å². The van der Waals surface area contributed by atoms with Crippen LogP contribution in [0.25, 0.3) is 0 Å². The Labute approximate surface area is 88.4 Å². The van der Waals surface area contributed by atoms with Gasteiger partial charge in [0.05, 0.1) is 6.61 Å². The van der Waals surface area contributed by atoms with Crippen LogP contribution in [-0.2, 0) is 0 Å². The first kappa shape index (κ1) is 10.9. The molecule has 1 aromatic rings. The van der Waals surface area contributed by atoms with Crippen LogP contribution in [0.4, 0.5) is 0 Å². The number of hydrogen-bond donors (Lipinski definition) is 1. The van der Waals surface area contributed by atoms with Gasteiger partial charge in [-0.25, -0.2) is 0 Å². The van der Waals surface area contributed by atoms with Gasteiger partial charge in [-0.1, -0.05) is 30.0 Å². The van der Waals surface area contributed by atoms with Crippen molar-refractivity contribution >= 4 is 16.9 Å². The molecule has 0 bridgehead atoms. The lowest BCUT2D eigenvalue weighted by molar-refractivity contribution is 0.344. The topological polar surface area (TPSA) is 47.6 Å². The van der Waals surface area contributed by atoms with Gasteiger partial charge in [-0.3, -0.25) is 4.99 Å². The lowest BCUT2D eigenvalue weighted by Crippen LogP contribution is -2.10. The highest BCUT2D eigenvalue weighted by Gasteiger charge is 1.94. The molecule has 0 amide bonds. The molecule has 76 valence electrons. The van der Waals surface area contributed by atoms with Crippen LogP contribution >= 0.6 is 11.8 Å². The lowest BCUT2D eigenvalue weighted by Gasteiger charge is -2.04. The Morgan fingerprint density at radius 1 is 1.43 bits per heavy atom. The summed E-state index contributed by atoms with van der Waals surface area (Å²) in [4.78, 5) is 3.83. The van der Waals surface area contributed by atoms with E-state index in [-0.39, 0.29) is 0 Å². The summed E-state index contributed by atoms with van der Waals surface area (Å²) in [6, 6.07) is 9.72. The number of benzene rings is 1. The summed E-state index contributed by atoms with van der Waals surface area (Å²) in [6.07, 6.45) is 0. The molecule has 14 heavy (non-hydrogen) atoms. The van der Waals surface area contributed by atoms with Crippen molar-refractivity contribution in [3.05, 3.63) is 30.3 Å². The third kappa shape index (κ3) is 4.18. The van der Waals surface area contributed by atoms with E-state index < -0.39 is 0 Å². The standard InChI is InChI=1S/C10H14N2OS/c1-12-10(11)14-8-7-13-9-5-3-2-4-6-9/h2-6H,7-8H2,1H3,(H2,11,12). The Kier molecular flexibility index (Phi) is 4.93. The number of nitrogens with two attached hydrogens (primary N) is 1. The van der Waals surface area contributed by atoms with E-state index in [0.717, 1.165) is 11.5 Å². The highest BCUT2D eigenvalue weighted by molar-refractivity contribution is 8.13. The first-order chi connectivity index (χ1) is 6.83. The van der Waals surface area contributed by atoms with E-state index in [0.29, 0.717) is 11.8 Å². The molecule has 0 saturated carbocycles. The number of rotatable bonds is 4. The zero-order valence-electron chi connectivity index (χ0n) is 8.14. The first-order valence-corrected chi connectivity index (χ1v) is 5.34. The van der Waals surface area contributed by atoms with Gasteiger partial charge in [0.15, 0.2) is 5.17 Å². The summed E-state index contributed by atoms with van der Waals surface area (Å²) in [5, 5.41) is 0.599. The fourth-order valence-corrected chi connectivity index (χ4v) is 1.39. The van der Waals surface area contributed by atoms with Gasteiger partial charge in [0, 0.05) is 12.8 Å². The van der Waals surface area contributed by atoms with E-state index in [1.54, 1.807) is 7.05 Å². The number of ether oxygens (including phenoxy) is 1. The molecule has 3 nitrogen and oxygen atoms in total. The minimum Gasteiger partial charge on any atom is -0.493 e. The van der Waals surface area contributed by atoms with Crippen LogP contribution in [0.3, 0.4) is 0 Å². The van der Waals surface area contributed by atoms with Crippen molar-refractivity contribution in [2.75, 3.05) is 19.4 Å². The maximum absolute atomic E-state index is 5.51. The fourth-order valence-electron chi connectivity index (χ4n) is 0.887.